The molecule has 4 nitrogen and oxygen atoms in total. The van der Waals surface area contributed by atoms with Gasteiger partial charge in [0.1, 0.15) is 0 Å². The fourth-order valence-electron chi connectivity index (χ4n) is 2.45. The van der Waals surface area contributed by atoms with E-state index in [4.69, 9.17) is 14.2 Å². The van der Waals surface area contributed by atoms with E-state index in [1.54, 1.807) is 0 Å². The maximum atomic E-state index is 5.79. The zero-order valence-electron chi connectivity index (χ0n) is 13.0. The lowest BCUT2D eigenvalue weighted by Gasteiger charge is -2.12. The molecular formula is C17H27NO3. The highest BCUT2D eigenvalue weighted by Crippen LogP contribution is 2.26. The summed E-state index contributed by atoms with van der Waals surface area (Å²) < 4.78 is 16.9. The summed E-state index contributed by atoms with van der Waals surface area (Å²) in [7, 11) is 0. The Balaban J connectivity index is 1.53. The number of ether oxygens (including phenoxy) is 3. The predicted octanol–water partition coefficient (Wildman–Crippen LogP) is 3.01. The van der Waals surface area contributed by atoms with Crippen LogP contribution in [0.3, 0.4) is 0 Å². The van der Waals surface area contributed by atoms with Crippen molar-refractivity contribution in [1.29, 1.82) is 0 Å². The monoisotopic (exact) mass is 293 g/mol. The summed E-state index contributed by atoms with van der Waals surface area (Å²) >= 11 is 0. The molecule has 0 amide bonds. The molecule has 0 radical (unpaired) electrons. The Kier molecular flexibility index (Phi) is 7.39. The standard InChI is InChI=1S/C17H27NO3/c1-2-19-16-9-3-4-10-17(16)21-12-6-5-11-18-14-15-8-7-13-20-15/h3-4,9-10,15,18H,2,5-8,11-14H2,1H3. The highest BCUT2D eigenvalue weighted by Gasteiger charge is 2.14. The van der Waals surface area contributed by atoms with E-state index in [1.807, 2.05) is 31.2 Å². The van der Waals surface area contributed by atoms with Crippen molar-refractivity contribution in [2.75, 3.05) is 32.9 Å². The molecule has 21 heavy (non-hydrogen) atoms. The van der Waals surface area contributed by atoms with Gasteiger partial charge in [-0.1, -0.05) is 12.1 Å². The molecule has 1 aromatic carbocycles. The smallest absolute Gasteiger partial charge is 0.161 e. The number of nitrogens with one attached hydrogen (secondary N) is 1. The minimum Gasteiger partial charge on any atom is -0.490 e. The molecule has 118 valence electrons. The first-order valence-electron chi connectivity index (χ1n) is 8.07. The number of hydrogen-bond donors (Lipinski definition) is 1. The van der Waals surface area contributed by atoms with Gasteiger partial charge in [-0.25, -0.2) is 0 Å². The van der Waals surface area contributed by atoms with Crippen molar-refractivity contribution in [1.82, 2.24) is 5.32 Å². The molecule has 1 atom stereocenters. The van der Waals surface area contributed by atoms with Crippen LogP contribution in [0.1, 0.15) is 32.6 Å². The molecule has 1 fully saturated rings. The Labute approximate surface area is 127 Å². The number of rotatable bonds is 10. The maximum Gasteiger partial charge on any atom is 0.161 e. The predicted molar refractivity (Wildman–Crippen MR) is 84.2 cm³/mol. The first-order valence-corrected chi connectivity index (χ1v) is 8.07. The number of hydrogen-bond acceptors (Lipinski definition) is 4. The number of benzene rings is 1. The van der Waals surface area contributed by atoms with E-state index < -0.39 is 0 Å². The third-order valence-corrected chi connectivity index (χ3v) is 3.55. The van der Waals surface area contributed by atoms with Gasteiger partial charge in [0.2, 0.25) is 0 Å². The summed E-state index contributed by atoms with van der Waals surface area (Å²) in [5.74, 6) is 1.67. The van der Waals surface area contributed by atoms with Crippen LogP contribution in [0, 0.1) is 0 Å². The van der Waals surface area contributed by atoms with Crippen molar-refractivity contribution in [2.45, 2.75) is 38.7 Å². The average Bonchev–Trinajstić information content (AvgIpc) is 3.01. The van der Waals surface area contributed by atoms with E-state index in [1.165, 1.54) is 12.8 Å². The van der Waals surface area contributed by atoms with Crippen molar-refractivity contribution in [3.8, 4) is 11.5 Å². The van der Waals surface area contributed by atoms with Gasteiger partial charge >= 0.3 is 0 Å². The third kappa shape index (κ3) is 5.94. The molecule has 0 aromatic heterocycles. The van der Waals surface area contributed by atoms with E-state index in [0.717, 1.165) is 50.6 Å². The molecule has 1 aromatic rings. The topological polar surface area (TPSA) is 39.7 Å². The van der Waals surface area contributed by atoms with Crippen molar-refractivity contribution in [3.63, 3.8) is 0 Å². The fraction of sp³-hybridized carbons (Fsp3) is 0.647. The minimum absolute atomic E-state index is 0.430. The third-order valence-electron chi connectivity index (χ3n) is 3.55. The van der Waals surface area contributed by atoms with Crippen LogP contribution in [0.4, 0.5) is 0 Å². The van der Waals surface area contributed by atoms with Crippen LogP contribution in [0.2, 0.25) is 0 Å². The van der Waals surface area contributed by atoms with E-state index in [9.17, 15) is 0 Å². The van der Waals surface area contributed by atoms with Gasteiger partial charge in [0.15, 0.2) is 11.5 Å². The van der Waals surface area contributed by atoms with Crippen LogP contribution < -0.4 is 14.8 Å². The van der Waals surface area contributed by atoms with Crippen molar-refractivity contribution < 1.29 is 14.2 Å². The van der Waals surface area contributed by atoms with E-state index >= 15 is 0 Å². The van der Waals surface area contributed by atoms with Crippen molar-refractivity contribution >= 4 is 0 Å². The molecule has 1 unspecified atom stereocenters. The van der Waals surface area contributed by atoms with E-state index in [2.05, 4.69) is 5.32 Å². The minimum atomic E-state index is 0.430. The van der Waals surface area contributed by atoms with Crippen LogP contribution in [-0.2, 0) is 4.74 Å². The molecule has 1 saturated heterocycles. The molecule has 0 spiro atoms. The van der Waals surface area contributed by atoms with Crippen LogP contribution in [0.15, 0.2) is 24.3 Å². The second-order valence-electron chi connectivity index (χ2n) is 5.27. The Hall–Kier alpha value is -1.26. The Morgan fingerprint density at radius 2 is 2.00 bits per heavy atom. The number of unbranched alkanes of at least 4 members (excludes halogenated alkanes) is 1. The maximum absolute atomic E-state index is 5.79. The first-order chi connectivity index (χ1) is 10.4. The lowest BCUT2D eigenvalue weighted by molar-refractivity contribution is 0.110. The van der Waals surface area contributed by atoms with Crippen molar-refractivity contribution in [2.24, 2.45) is 0 Å². The summed E-state index contributed by atoms with van der Waals surface area (Å²) in [6, 6.07) is 7.84. The normalized spacial score (nSPS) is 17.9. The highest BCUT2D eigenvalue weighted by molar-refractivity contribution is 5.39. The Morgan fingerprint density at radius 1 is 1.19 bits per heavy atom. The van der Waals surface area contributed by atoms with Gasteiger partial charge in [-0.3, -0.25) is 0 Å². The molecule has 0 aliphatic carbocycles. The summed E-state index contributed by atoms with van der Waals surface area (Å²) in [4.78, 5) is 0. The van der Waals surface area contributed by atoms with Crippen LogP contribution in [0.25, 0.3) is 0 Å². The van der Waals surface area contributed by atoms with Gasteiger partial charge in [0.05, 0.1) is 19.3 Å². The van der Waals surface area contributed by atoms with Gasteiger partial charge in [-0.05, 0) is 51.3 Å². The van der Waals surface area contributed by atoms with Crippen LogP contribution in [-0.4, -0.2) is 39.0 Å². The Bertz CT molecular complexity index is 391. The number of para-hydroxylation sites is 2. The van der Waals surface area contributed by atoms with Gasteiger partial charge < -0.3 is 19.5 Å². The van der Waals surface area contributed by atoms with Gasteiger partial charge in [-0.2, -0.15) is 0 Å². The summed E-state index contributed by atoms with van der Waals surface area (Å²) in [6.45, 7) is 6.31. The van der Waals surface area contributed by atoms with E-state index in [0.29, 0.717) is 12.7 Å². The Morgan fingerprint density at radius 3 is 2.71 bits per heavy atom. The van der Waals surface area contributed by atoms with Crippen LogP contribution >= 0.6 is 0 Å². The lowest BCUT2D eigenvalue weighted by Crippen LogP contribution is -2.27. The molecule has 1 N–H and O–H groups in total. The largest absolute Gasteiger partial charge is 0.490 e. The molecular weight excluding hydrogens is 266 g/mol. The zero-order valence-corrected chi connectivity index (χ0v) is 13.0. The summed E-state index contributed by atoms with van der Waals surface area (Å²) in [5.41, 5.74) is 0. The van der Waals surface area contributed by atoms with E-state index in [-0.39, 0.29) is 0 Å². The zero-order chi connectivity index (χ0) is 14.8. The molecule has 0 bridgehead atoms. The van der Waals surface area contributed by atoms with Crippen molar-refractivity contribution in [3.05, 3.63) is 24.3 Å². The first kappa shape index (κ1) is 16.1. The van der Waals surface area contributed by atoms with Gasteiger partial charge in [0.25, 0.3) is 0 Å². The lowest BCUT2D eigenvalue weighted by atomic mass is 10.2. The molecule has 1 heterocycles. The fourth-order valence-corrected chi connectivity index (χ4v) is 2.45. The van der Waals surface area contributed by atoms with Gasteiger partial charge in [0, 0.05) is 13.2 Å². The summed E-state index contributed by atoms with van der Waals surface area (Å²) in [6.07, 6.45) is 4.99. The summed E-state index contributed by atoms with van der Waals surface area (Å²) in [5, 5.41) is 3.45. The quantitative estimate of drug-likeness (QED) is 0.673. The molecule has 4 heteroatoms. The van der Waals surface area contributed by atoms with Crippen LogP contribution in [0.5, 0.6) is 11.5 Å². The molecule has 1 aliphatic rings. The molecule has 1 aliphatic heterocycles. The SMILES string of the molecule is CCOc1ccccc1OCCCCNCC1CCCO1. The molecule has 2 rings (SSSR count). The molecule has 0 saturated carbocycles. The highest BCUT2D eigenvalue weighted by atomic mass is 16.5. The second kappa shape index (κ2) is 9.64. The average molecular weight is 293 g/mol. The second-order valence-corrected chi connectivity index (χ2v) is 5.27. The van der Waals surface area contributed by atoms with Gasteiger partial charge in [-0.15, -0.1) is 0 Å².